The van der Waals surface area contributed by atoms with Crippen molar-refractivity contribution >= 4 is 27.5 Å². The first kappa shape index (κ1) is 10.7. The van der Waals surface area contributed by atoms with E-state index in [2.05, 4.69) is 21.2 Å². The van der Waals surface area contributed by atoms with Gasteiger partial charge in [0, 0.05) is 6.92 Å². The molecule has 0 heterocycles. The van der Waals surface area contributed by atoms with Crippen LogP contribution in [0, 0.1) is 17.1 Å². The highest BCUT2D eigenvalue weighted by Gasteiger charge is 2.09. The van der Waals surface area contributed by atoms with Crippen molar-refractivity contribution < 1.29 is 9.18 Å². The number of nitrogens with zero attached hydrogens (tertiary/aromatic N) is 1. The van der Waals surface area contributed by atoms with Gasteiger partial charge in [0.25, 0.3) is 0 Å². The van der Waals surface area contributed by atoms with Gasteiger partial charge in [0.05, 0.1) is 15.7 Å². The Morgan fingerprint density at radius 1 is 1.64 bits per heavy atom. The van der Waals surface area contributed by atoms with Crippen LogP contribution < -0.4 is 5.32 Å². The van der Waals surface area contributed by atoms with Crippen LogP contribution in [0.3, 0.4) is 0 Å². The summed E-state index contributed by atoms with van der Waals surface area (Å²) in [4.78, 5) is 10.7. The number of halogens is 2. The molecule has 0 fully saturated rings. The van der Waals surface area contributed by atoms with Gasteiger partial charge in [0.1, 0.15) is 11.9 Å². The van der Waals surface area contributed by atoms with Gasteiger partial charge in [-0.1, -0.05) is 0 Å². The molecule has 1 rings (SSSR count). The molecule has 1 N–H and O–H groups in total. The fourth-order valence-corrected chi connectivity index (χ4v) is 1.37. The molecule has 0 spiro atoms. The number of nitrogens with one attached hydrogen (secondary N) is 1. The topological polar surface area (TPSA) is 52.9 Å². The molecule has 1 amide bonds. The number of benzene rings is 1. The Bertz CT molecular complexity index is 426. The lowest BCUT2D eigenvalue weighted by Crippen LogP contribution is -2.07. The maximum Gasteiger partial charge on any atom is 0.221 e. The predicted molar refractivity (Wildman–Crippen MR) is 53.1 cm³/mol. The Labute approximate surface area is 88.7 Å². The number of anilines is 1. The zero-order valence-electron chi connectivity index (χ0n) is 7.27. The Kier molecular flexibility index (Phi) is 3.20. The molecule has 0 saturated heterocycles. The van der Waals surface area contributed by atoms with Gasteiger partial charge in [0.2, 0.25) is 5.91 Å². The highest BCUT2D eigenvalue weighted by molar-refractivity contribution is 9.10. The van der Waals surface area contributed by atoms with Gasteiger partial charge < -0.3 is 5.32 Å². The van der Waals surface area contributed by atoms with Gasteiger partial charge in [-0.2, -0.15) is 5.26 Å². The number of nitriles is 1. The first-order valence-corrected chi connectivity index (χ1v) is 4.50. The van der Waals surface area contributed by atoms with E-state index >= 15 is 0 Å². The monoisotopic (exact) mass is 256 g/mol. The van der Waals surface area contributed by atoms with Crippen LogP contribution >= 0.6 is 15.9 Å². The largest absolute Gasteiger partial charge is 0.325 e. The van der Waals surface area contributed by atoms with E-state index in [4.69, 9.17) is 5.26 Å². The van der Waals surface area contributed by atoms with Crippen LogP contribution in [0.25, 0.3) is 0 Å². The maximum absolute atomic E-state index is 12.9. The van der Waals surface area contributed by atoms with Gasteiger partial charge in [-0.25, -0.2) is 4.39 Å². The summed E-state index contributed by atoms with van der Waals surface area (Å²) in [6, 6.07) is 4.05. The van der Waals surface area contributed by atoms with Gasteiger partial charge >= 0.3 is 0 Å². The molecule has 0 saturated carbocycles. The number of hydrogen-bond acceptors (Lipinski definition) is 2. The first-order chi connectivity index (χ1) is 6.54. The summed E-state index contributed by atoms with van der Waals surface area (Å²) in [5.74, 6) is -0.881. The van der Waals surface area contributed by atoms with E-state index in [9.17, 15) is 9.18 Å². The summed E-state index contributed by atoms with van der Waals surface area (Å²) in [6.07, 6.45) is 0. The summed E-state index contributed by atoms with van der Waals surface area (Å²) < 4.78 is 13.3. The molecule has 3 nitrogen and oxygen atoms in total. The summed E-state index contributed by atoms with van der Waals surface area (Å²) in [5, 5.41) is 11.1. The van der Waals surface area contributed by atoms with E-state index in [0.29, 0.717) is 4.47 Å². The lowest BCUT2D eigenvalue weighted by atomic mass is 10.2. The SMILES string of the molecule is CC(=O)Nc1cc(F)cc(C#N)c1Br. The zero-order chi connectivity index (χ0) is 10.7. The normalized spacial score (nSPS) is 9.29. The quantitative estimate of drug-likeness (QED) is 0.839. The molecule has 5 heteroatoms. The van der Waals surface area contributed by atoms with Crippen LogP contribution in [0.5, 0.6) is 0 Å². The fourth-order valence-electron chi connectivity index (χ4n) is 0.951. The van der Waals surface area contributed by atoms with Crippen LogP contribution in [0.4, 0.5) is 10.1 Å². The highest BCUT2D eigenvalue weighted by Crippen LogP contribution is 2.27. The number of rotatable bonds is 1. The average molecular weight is 257 g/mol. The van der Waals surface area contributed by atoms with E-state index in [0.717, 1.165) is 12.1 Å². The third kappa shape index (κ3) is 2.30. The lowest BCUT2D eigenvalue weighted by molar-refractivity contribution is -0.114. The van der Waals surface area contributed by atoms with Crippen molar-refractivity contribution in [2.45, 2.75) is 6.92 Å². The lowest BCUT2D eigenvalue weighted by Gasteiger charge is -2.06. The minimum atomic E-state index is -0.562. The molecule has 1 aromatic rings. The standard InChI is InChI=1S/C9H6BrFN2O/c1-5(14)13-8-3-7(11)2-6(4-12)9(8)10/h2-3H,1H3,(H,13,14). The van der Waals surface area contributed by atoms with Crippen molar-refractivity contribution in [3.63, 3.8) is 0 Å². The van der Waals surface area contributed by atoms with Gasteiger partial charge in [-0.3, -0.25) is 4.79 Å². The van der Waals surface area contributed by atoms with Crippen LogP contribution in [0.1, 0.15) is 12.5 Å². The minimum Gasteiger partial charge on any atom is -0.325 e. The fraction of sp³-hybridized carbons (Fsp3) is 0.111. The number of carbonyl (C=O) groups is 1. The van der Waals surface area contributed by atoms with Crippen LogP contribution in [0.2, 0.25) is 0 Å². The first-order valence-electron chi connectivity index (χ1n) is 3.71. The van der Waals surface area contributed by atoms with Crippen LogP contribution in [-0.2, 0) is 4.79 Å². The maximum atomic E-state index is 12.9. The van der Waals surface area contributed by atoms with Gasteiger partial charge in [0.15, 0.2) is 0 Å². The molecular formula is C9H6BrFN2O. The summed E-state index contributed by atoms with van der Waals surface area (Å²) in [6.45, 7) is 1.31. The molecule has 0 aliphatic rings. The van der Waals surface area contributed by atoms with E-state index in [1.165, 1.54) is 6.92 Å². The molecule has 0 atom stereocenters. The number of carbonyl (C=O) groups excluding carboxylic acids is 1. The molecule has 1 aromatic carbocycles. The smallest absolute Gasteiger partial charge is 0.221 e. The van der Waals surface area contributed by atoms with Crippen molar-refractivity contribution in [2.75, 3.05) is 5.32 Å². The minimum absolute atomic E-state index is 0.147. The Hall–Kier alpha value is -1.41. The predicted octanol–water partition coefficient (Wildman–Crippen LogP) is 2.42. The molecule has 72 valence electrons. The summed E-state index contributed by atoms with van der Waals surface area (Å²) in [7, 11) is 0. The van der Waals surface area contributed by atoms with Crippen molar-refractivity contribution in [3.05, 3.63) is 28.0 Å². The second-order valence-electron chi connectivity index (χ2n) is 2.61. The van der Waals surface area contributed by atoms with Gasteiger partial charge in [-0.05, 0) is 28.1 Å². The summed E-state index contributed by atoms with van der Waals surface area (Å²) in [5.41, 5.74) is 0.405. The van der Waals surface area contributed by atoms with E-state index in [-0.39, 0.29) is 17.2 Å². The van der Waals surface area contributed by atoms with E-state index in [1.54, 1.807) is 0 Å². The Morgan fingerprint density at radius 2 is 2.29 bits per heavy atom. The molecule has 0 radical (unpaired) electrons. The Morgan fingerprint density at radius 3 is 2.79 bits per heavy atom. The number of hydrogen-bond donors (Lipinski definition) is 1. The molecule has 0 aliphatic carbocycles. The second kappa shape index (κ2) is 4.20. The third-order valence-corrected chi connectivity index (χ3v) is 2.32. The van der Waals surface area contributed by atoms with Crippen molar-refractivity contribution in [2.24, 2.45) is 0 Å². The number of amides is 1. The van der Waals surface area contributed by atoms with Gasteiger partial charge in [-0.15, -0.1) is 0 Å². The van der Waals surface area contributed by atoms with Crippen LogP contribution in [-0.4, -0.2) is 5.91 Å². The zero-order valence-corrected chi connectivity index (χ0v) is 8.85. The molecular weight excluding hydrogens is 251 g/mol. The molecule has 14 heavy (non-hydrogen) atoms. The second-order valence-corrected chi connectivity index (χ2v) is 3.40. The molecule has 0 aromatic heterocycles. The van der Waals surface area contributed by atoms with Crippen LogP contribution in [0.15, 0.2) is 16.6 Å². The van der Waals surface area contributed by atoms with E-state index in [1.807, 2.05) is 6.07 Å². The Balaban J connectivity index is 3.23. The third-order valence-electron chi connectivity index (χ3n) is 1.47. The van der Waals surface area contributed by atoms with Crippen molar-refractivity contribution in [1.29, 1.82) is 5.26 Å². The molecule has 0 unspecified atom stereocenters. The van der Waals surface area contributed by atoms with Crippen molar-refractivity contribution in [1.82, 2.24) is 0 Å². The molecule has 0 bridgehead atoms. The highest BCUT2D eigenvalue weighted by atomic mass is 79.9. The summed E-state index contributed by atoms with van der Waals surface area (Å²) >= 11 is 3.10. The van der Waals surface area contributed by atoms with Crippen molar-refractivity contribution in [3.8, 4) is 6.07 Å². The molecule has 0 aliphatic heterocycles. The van der Waals surface area contributed by atoms with E-state index < -0.39 is 5.82 Å². The average Bonchev–Trinajstić information content (AvgIpc) is 2.09.